The molecule has 0 fully saturated rings. The van der Waals surface area contributed by atoms with Gasteiger partial charge in [0.15, 0.2) is 6.61 Å². The summed E-state index contributed by atoms with van der Waals surface area (Å²) in [5.41, 5.74) is 0.871. The number of nitrogens with one attached hydrogen (secondary N) is 1. The predicted molar refractivity (Wildman–Crippen MR) is 89.0 cm³/mol. The van der Waals surface area contributed by atoms with Crippen LogP contribution in [0.4, 0.5) is 0 Å². The molecule has 0 atom stereocenters. The maximum absolute atomic E-state index is 12.2. The number of esters is 1. The number of benzene rings is 2. The zero-order valence-corrected chi connectivity index (χ0v) is 14.1. The van der Waals surface area contributed by atoms with Gasteiger partial charge in [0.2, 0.25) is 10.0 Å². The Kier molecular flexibility index (Phi) is 6.34. The Hall–Kier alpha value is -2.38. The van der Waals surface area contributed by atoms with Crippen LogP contribution in [0.3, 0.4) is 0 Å². The first kappa shape index (κ1) is 18.0. The van der Waals surface area contributed by atoms with Crippen molar-refractivity contribution in [3.05, 3.63) is 60.2 Å². The van der Waals surface area contributed by atoms with Crippen LogP contribution in [-0.2, 0) is 26.1 Å². The van der Waals surface area contributed by atoms with Crippen molar-refractivity contribution in [3.8, 4) is 5.75 Å². The van der Waals surface area contributed by atoms with Crippen molar-refractivity contribution in [2.45, 2.75) is 18.4 Å². The predicted octanol–water partition coefficient (Wildman–Crippen LogP) is 2.11. The zero-order valence-electron chi connectivity index (χ0n) is 13.3. The fourth-order valence-corrected chi connectivity index (χ4v) is 2.94. The summed E-state index contributed by atoms with van der Waals surface area (Å²) in [6.45, 7) is 1.99. The summed E-state index contributed by atoms with van der Waals surface area (Å²) in [6, 6.07) is 15.1. The molecule has 6 nitrogen and oxygen atoms in total. The van der Waals surface area contributed by atoms with Crippen LogP contribution in [0.1, 0.15) is 12.5 Å². The van der Waals surface area contributed by atoms with Crippen LogP contribution in [0.25, 0.3) is 0 Å². The Morgan fingerprint density at radius 2 is 1.71 bits per heavy atom. The van der Waals surface area contributed by atoms with Crippen molar-refractivity contribution in [2.24, 2.45) is 0 Å². The third kappa shape index (κ3) is 5.36. The van der Waals surface area contributed by atoms with Crippen molar-refractivity contribution >= 4 is 16.0 Å². The maximum Gasteiger partial charge on any atom is 0.344 e. The number of ether oxygens (including phenoxy) is 2. The lowest BCUT2D eigenvalue weighted by atomic mass is 10.2. The zero-order chi connectivity index (χ0) is 17.4. The molecule has 2 aromatic carbocycles. The molecule has 0 aliphatic heterocycles. The molecule has 0 aliphatic carbocycles. The number of rotatable bonds is 8. The van der Waals surface area contributed by atoms with Gasteiger partial charge in [0, 0.05) is 6.54 Å². The molecule has 0 bridgehead atoms. The minimum absolute atomic E-state index is 0.127. The van der Waals surface area contributed by atoms with Gasteiger partial charge in [0.1, 0.15) is 5.75 Å². The molecule has 7 heteroatoms. The maximum atomic E-state index is 12.2. The van der Waals surface area contributed by atoms with Gasteiger partial charge >= 0.3 is 5.97 Å². The summed E-state index contributed by atoms with van der Waals surface area (Å²) in [5.74, 6) is -0.0798. The summed E-state index contributed by atoms with van der Waals surface area (Å²) >= 11 is 0. The van der Waals surface area contributed by atoms with Crippen molar-refractivity contribution in [3.63, 3.8) is 0 Å². The van der Waals surface area contributed by atoms with E-state index in [2.05, 4.69) is 4.72 Å². The van der Waals surface area contributed by atoms with Crippen LogP contribution in [0.5, 0.6) is 5.75 Å². The summed E-state index contributed by atoms with van der Waals surface area (Å²) in [4.78, 5) is 11.3. The molecule has 0 saturated heterocycles. The van der Waals surface area contributed by atoms with Crippen molar-refractivity contribution in [2.75, 3.05) is 13.2 Å². The van der Waals surface area contributed by atoms with Gasteiger partial charge in [-0.3, -0.25) is 0 Å². The standard InChI is InChI=1S/C17H19NO5S/c1-2-22-17(19)13-23-15-8-10-16(11-9-15)24(20,21)18-12-14-6-4-3-5-7-14/h3-11,18H,2,12-13H2,1H3. The van der Waals surface area contributed by atoms with E-state index in [1.807, 2.05) is 30.3 Å². The quantitative estimate of drug-likeness (QED) is 0.738. The summed E-state index contributed by atoms with van der Waals surface area (Å²) in [5, 5.41) is 0. The average molecular weight is 349 g/mol. The second-order valence-electron chi connectivity index (χ2n) is 4.88. The fourth-order valence-electron chi connectivity index (χ4n) is 1.92. The molecule has 0 unspecified atom stereocenters. The SMILES string of the molecule is CCOC(=O)COc1ccc(S(=O)(=O)NCc2ccccc2)cc1. The van der Waals surface area contributed by atoms with E-state index >= 15 is 0 Å². The lowest BCUT2D eigenvalue weighted by Gasteiger charge is -2.09. The molecule has 0 radical (unpaired) electrons. The van der Waals surface area contributed by atoms with E-state index in [1.165, 1.54) is 24.3 Å². The first-order valence-electron chi connectivity index (χ1n) is 7.43. The highest BCUT2D eigenvalue weighted by Crippen LogP contribution is 2.16. The topological polar surface area (TPSA) is 81.7 Å². The number of hydrogen-bond acceptors (Lipinski definition) is 5. The summed E-state index contributed by atoms with van der Waals surface area (Å²) in [6.07, 6.45) is 0. The molecular formula is C17H19NO5S. The number of carbonyl (C=O) groups excluding carboxylic acids is 1. The van der Waals surface area contributed by atoms with E-state index in [9.17, 15) is 13.2 Å². The number of carbonyl (C=O) groups is 1. The van der Waals surface area contributed by atoms with Crippen LogP contribution in [0, 0.1) is 0 Å². The monoisotopic (exact) mass is 349 g/mol. The molecule has 24 heavy (non-hydrogen) atoms. The number of sulfonamides is 1. The van der Waals surface area contributed by atoms with Crippen molar-refractivity contribution in [1.29, 1.82) is 0 Å². The van der Waals surface area contributed by atoms with E-state index < -0.39 is 16.0 Å². The van der Waals surface area contributed by atoms with Crippen LogP contribution in [0.2, 0.25) is 0 Å². The highest BCUT2D eigenvalue weighted by molar-refractivity contribution is 7.89. The first-order chi connectivity index (χ1) is 11.5. The van der Waals surface area contributed by atoms with Crippen LogP contribution in [0.15, 0.2) is 59.5 Å². The molecule has 0 amide bonds. The normalized spacial score (nSPS) is 11.0. The molecular weight excluding hydrogens is 330 g/mol. The van der Waals surface area contributed by atoms with Gasteiger partial charge in [-0.25, -0.2) is 17.9 Å². The summed E-state index contributed by atoms with van der Waals surface area (Å²) < 4.78 is 37.0. The second-order valence-corrected chi connectivity index (χ2v) is 6.64. The molecule has 0 aliphatic rings. The van der Waals surface area contributed by atoms with Gasteiger partial charge in [0.25, 0.3) is 0 Å². The van der Waals surface area contributed by atoms with Gasteiger partial charge in [-0.1, -0.05) is 30.3 Å². The van der Waals surface area contributed by atoms with Crippen molar-refractivity contribution in [1.82, 2.24) is 4.72 Å². The van der Waals surface area contributed by atoms with Crippen LogP contribution in [-0.4, -0.2) is 27.6 Å². The van der Waals surface area contributed by atoms with E-state index in [0.29, 0.717) is 5.75 Å². The second kappa shape index (κ2) is 8.47. The lowest BCUT2D eigenvalue weighted by molar-refractivity contribution is -0.145. The highest BCUT2D eigenvalue weighted by Gasteiger charge is 2.14. The number of hydrogen-bond donors (Lipinski definition) is 1. The fraction of sp³-hybridized carbons (Fsp3) is 0.235. The molecule has 2 aromatic rings. The lowest BCUT2D eigenvalue weighted by Crippen LogP contribution is -2.23. The Labute approximate surface area is 141 Å². The van der Waals surface area contributed by atoms with Gasteiger partial charge in [0.05, 0.1) is 11.5 Å². The largest absolute Gasteiger partial charge is 0.482 e. The van der Waals surface area contributed by atoms with E-state index in [-0.39, 0.29) is 24.7 Å². The summed E-state index contributed by atoms with van der Waals surface area (Å²) in [7, 11) is -3.61. The van der Waals surface area contributed by atoms with E-state index in [0.717, 1.165) is 5.56 Å². The van der Waals surface area contributed by atoms with Crippen LogP contribution < -0.4 is 9.46 Å². The molecule has 0 aromatic heterocycles. The molecule has 0 spiro atoms. The van der Waals surface area contributed by atoms with Crippen molar-refractivity contribution < 1.29 is 22.7 Å². The Bertz CT molecular complexity index is 757. The minimum atomic E-state index is -3.61. The minimum Gasteiger partial charge on any atom is -0.482 e. The van der Waals surface area contributed by atoms with E-state index in [4.69, 9.17) is 9.47 Å². The Morgan fingerprint density at radius 3 is 2.33 bits per heavy atom. The average Bonchev–Trinajstić information content (AvgIpc) is 2.60. The van der Waals surface area contributed by atoms with Crippen LogP contribution >= 0.6 is 0 Å². The van der Waals surface area contributed by atoms with E-state index in [1.54, 1.807) is 6.92 Å². The van der Waals surface area contributed by atoms with Gasteiger partial charge in [-0.2, -0.15) is 0 Å². The third-order valence-corrected chi connectivity index (χ3v) is 4.52. The molecule has 2 rings (SSSR count). The molecule has 128 valence electrons. The Balaban J connectivity index is 1.94. The third-order valence-electron chi connectivity index (χ3n) is 3.11. The Morgan fingerprint density at radius 1 is 1.04 bits per heavy atom. The molecule has 0 saturated carbocycles. The smallest absolute Gasteiger partial charge is 0.344 e. The van der Waals surface area contributed by atoms with Gasteiger partial charge < -0.3 is 9.47 Å². The highest BCUT2D eigenvalue weighted by atomic mass is 32.2. The van der Waals surface area contributed by atoms with Gasteiger partial charge in [-0.05, 0) is 36.8 Å². The van der Waals surface area contributed by atoms with Gasteiger partial charge in [-0.15, -0.1) is 0 Å². The molecule has 1 N–H and O–H groups in total. The molecule has 0 heterocycles. The first-order valence-corrected chi connectivity index (χ1v) is 8.91.